The molecule has 3 aromatic rings. The van der Waals surface area contributed by atoms with Gasteiger partial charge in [0.05, 0.1) is 29.2 Å². The van der Waals surface area contributed by atoms with Gasteiger partial charge >= 0.3 is 5.97 Å². The van der Waals surface area contributed by atoms with Crippen molar-refractivity contribution in [2.24, 2.45) is 0 Å². The van der Waals surface area contributed by atoms with Gasteiger partial charge in [0, 0.05) is 17.7 Å². The van der Waals surface area contributed by atoms with Crippen LogP contribution in [0.5, 0.6) is 0 Å². The number of thiophene rings is 1. The standard InChI is InChI=1S/C24H22NO3S2.HI/c1-3-5-16-29-24-21(25-14-10-7-11-15-25)19(17-20(26)28-4-2)23(30-24)22(27)18-12-8-6-9-13-18;/h6-15H,4,16-17H2,1-2H3;1H/q+1;/p-1. The molecule has 0 saturated carbocycles. The molecule has 2 heterocycles. The molecule has 0 aliphatic heterocycles. The molecule has 0 fully saturated rings. The molecule has 0 aliphatic rings. The van der Waals surface area contributed by atoms with E-state index < -0.39 is 0 Å². The predicted octanol–water partition coefficient (Wildman–Crippen LogP) is 1.48. The summed E-state index contributed by atoms with van der Waals surface area (Å²) in [4.78, 5) is 26.3. The minimum absolute atomic E-state index is 0. The molecule has 0 saturated heterocycles. The highest BCUT2D eigenvalue weighted by Gasteiger charge is 2.31. The molecule has 0 atom stereocenters. The van der Waals surface area contributed by atoms with Crippen LogP contribution < -0.4 is 28.5 Å². The van der Waals surface area contributed by atoms with Crippen LogP contribution in [0.3, 0.4) is 0 Å². The van der Waals surface area contributed by atoms with E-state index in [-0.39, 0.29) is 42.2 Å². The average Bonchev–Trinajstić information content (AvgIpc) is 3.12. The average molecular weight is 563 g/mol. The van der Waals surface area contributed by atoms with E-state index in [1.807, 2.05) is 53.4 Å². The van der Waals surface area contributed by atoms with Crippen molar-refractivity contribution in [3.63, 3.8) is 0 Å². The minimum atomic E-state index is -0.347. The fourth-order valence-corrected chi connectivity index (χ4v) is 5.33. The first kappa shape index (κ1) is 25.1. The predicted molar refractivity (Wildman–Crippen MR) is 120 cm³/mol. The second-order valence-corrected chi connectivity index (χ2v) is 8.49. The van der Waals surface area contributed by atoms with Crippen LogP contribution >= 0.6 is 23.1 Å². The normalized spacial score (nSPS) is 9.87. The van der Waals surface area contributed by atoms with Crippen molar-refractivity contribution < 1.29 is 42.9 Å². The van der Waals surface area contributed by atoms with Crippen LogP contribution in [0.15, 0.2) is 65.1 Å². The van der Waals surface area contributed by atoms with E-state index in [1.54, 1.807) is 37.7 Å². The number of hydrogen-bond acceptors (Lipinski definition) is 5. The van der Waals surface area contributed by atoms with Crippen molar-refractivity contribution >= 4 is 34.9 Å². The number of thioether (sulfide) groups is 1. The van der Waals surface area contributed by atoms with Gasteiger partial charge in [-0.2, -0.15) is 4.57 Å². The Bertz CT molecular complexity index is 1090. The zero-order valence-corrected chi connectivity index (χ0v) is 21.1. The van der Waals surface area contributed by atoms with Gasteiger partial charge in [-0.05, 0) is 13.8 Å². The summed E-state index contributed by atoms with van der Waals surface area (Å²) in [5, 5.41) is 0. The quantitative estimate of drug-likeness (QED) is 0.104. The van der Waals surface area contributed by atoms with Crippen molar-refractivity contribution in [1.29, 1.82) is 0 Å². The Labute approximate surface area is 208 Å². The summed E-state index contributed by atoms with van der Waals surface area (Å²) in [6, 6.07) is 14.9. The van der Waals surface area contributed by atoms with Crippen LogP contribution in [0.25, 0.3) is 5.69 Å². The van der Waals surface area contributed by atoms with Crippen molar-refractivity contribution in [3.05, 3.63) is 76.9 Å². The van der Waals surface area contributed by atoms with Gasteiger partial charge in [0.1, 0.15) is 4.21 Å². The van der Waals surface area contributed by atoms with Crippen LogP contribution in [0.1, 0.15) is 34.6 Å². The maximum Gasteiger partial charge on any atom is 0.310 e. The molecule has 0 aliphatic carbocycles. The molecule has 0 radical (unpaired) electrons. The highest BCUT2D eigenvalue weighted by Crippen LogP contribution is 2.38. The Balaban J connectivity index is 0.00000341. The number of esters is 1. The largest absolute Gasteiger partial charge is 1.00 e. The molecular formula is C24H22INO3S2. The van der Waals surface area contributed by atoms with E-state index in [0.717, 1.165) is 9.90 Å². The second-order valence-electron chi connectivity index (χ2n) is 6.22. The van der Waals surface area contributed by atoms with Crippen LogP contribution in [-0.2, 0) is 16.0 Å². The maximum absolute atomic E-state index is 13.3. The van der Waals surface area contributed by atoms with Crippen LogP contribution in [0.2, 0.25) is 0 Å². The molecular weight excluding hydrogens is 541 g/mol. The molecule has 0 N–H and O–H groups in total. The first-order valence-corrected chi connectivity index (χ1v) is 11.4. The number of carbonyl (C=O) groups is 2. The first-order valence-electron chi connectivity index (χ1n) is 9.55. The van der Waals surface area contributed by atoms with E-state index >= 15 is 0 Å². The number of ether oxygens (including phenoxy) is 1. The molecule has 2 aromatic heterocycles. The molecule has 0 bridgehead atoms. The van der Waals surface area contributed by atoms with Crippen molar-refractivity contribution in [3.8, 4) is 17.5 Å². The van der Waals surface area contributed by atoms with Gasteiger partial charge in [0.2, 0.25) is 11.5 Å². The number of pyridine rings is 1. The SMILES string of the molecule is CC#CCSc1sc(C(=O)c2ccccc2)c(CC(=O)OCC)c1-[n+]1ccccc1.[I-]. The highest BCUT2D eigenvalue weighted by atomic mass is 127. The topological polar surface area (TPSA) is 47.3 Å². The summed E-state index contributed by atoms with van der Waals surface area (Å²) >= 11 is 2.99. The third kappa shape index (κ3) is 6.42. The molecule has 1 aromatic carbocycles. The first-order chi connectivity index (χ1) is 14.7. The summed E-state index contributed by atoms with van der Waals surface area (Å²) in [7, 11) is 0. The number of hydrogen-bond donors (Lipinski definition) is 0. The molecule has 160 valence electrons. The molecule has 4 nitrogen and oxygen atoms in total. The van der Waals surface area contributed by atoms with Gasteiger partial charge in [-0.15, -0.1) is 17.3 Å². The third-order valence-electron chi connectivity index (χ3n) is 4.24. The van der Waals surface area contributed by atoms with E-state index in [9.17, 15) is 9.59 Å². The van der Waals surface area contributed by atoms with Gasteiger partial charge in [0.15, 0.2) is 12.4 Å². The monoisotopic (exact) mass is 563 g/mol. The Hall–Kier alpha value is -2.15. The van der Waals surface area contributed by atoms with Gasteiger partial charge in [-0.3, -0.25) is 9.59 Å². The van der Waals surface area contributed by atoms with Crippen molar-refractivity contribution in [2.45, 2.75) is 24.5 Å². The highest BCUT2D eigenvalue weighted by molar-refractivity contribution is 8.01. The third-order valence-corrected chi connectivity index (χ3v) is 6.61. The summed E-state index contributed by atoms with van der Waals surface area (Å²) in [6.45, 7) is 3.88. The number of aromatic nitrogens is 1. The fraction of sp³-hybridized carbons (Fsp3) is 0.208. The van der Waals surface area contributed by atoms with Crippen molar-refractivity contribution in [1.82, 2.24) is 0 Å². The van der Waals surface area contributed by atoms with Crippen molar-refractivity contribution in [2.75, 3.05) is 12.4 Å². The number of halogens is 1. The smallest absolute Gasteiger partial charge is 0.310 e. The second kappa shape index (κ2) is 12.6. The summed E-state index contributed by atoms with van der Waals surface area (Å²) in [6.07, 6.45) is 3.88. The summed E-state index contributed by atoms with van der Waals surface area (Å²) in [5.74, 6) is 6.13. The van der Waals surface area contributed by atoms with E-state index in [0.29, 0.717) is 28.4 Å². The Morgan fingerprint density at radius 1 is 1.10 bits per heavy atom. The lowest BCUT2D eigenvalue weighted by Crippen LogP contribution is -3.00. The molecule has 7 heteroatoms. The lowest BCUT2D eigenvalue weighted by Gasteiger charge is -2.05. The molecule has 0 unspecified atom stereocenters. The number of carbonyl (C=O) groups excluding carboxylic acids is 2. The van der Waals surface area contributed by atoms with Gasteiger partial charge in [-0.1, -0.05) is 54.1 Å². The van der Waals surface area contributed by atoms with Crippen LogP contribution in [-0.4, -0.2) is 24.1 Å². The maximum atomic E-state index is 13.3. The van der Waals surface area contributed by atoms with E-state index in [2.05, 4.69) is 11.8 Å². The Morgan fingerprint density at radius 2 is 1.77 bits per heavy atom. The van der Waals surface area contributed by atoms with E-state index in [4.69, 9.17) is 4.74 Å². The number of rotatable bonds is 8. The Kier molecular flexibility index (Phi) is 10.2. The number of benzene rings is 1. The summed E-state index contributed by atoms with van der Waals surface area (Å²) in [5.41, 5.74) is 2.13. The minimum Gasteiger partial charge on any atom is -1.00 e. The lowest BCUT2D eigenvalue weighted by molar-refractivity contribution is -0.598. The number of nitrogens with zero attached hydrogens (tertiary/aromatic N) is 1. The van der Waals surface area contributed by atoms with Gasteiger partial charge < -0.3 is 28.7 Å². The molecule has 0 amide bonds. The zero-order chi connectivity index (χ0) is 21.3. The zero-order valence-electron chi connectivity index (χ0n) is 17.3. The van der Waals surface area contributed by atoms with E-state index in [1.165, 1.54) is 11.3 Å². The molecule has 0 spiro atoms. The van der Waals surface area contributed by atoms with Gasteiger partial charge in [0.25, 0.3) is 0 Å². The summed E-state index contributed by atoms with van der Waals surface area (Å²) < 4.78 is 8.11. The molecule has 3 rings (SSSR count). The van der Waals surface area contributed by atoms with Gasteiger partial charge in [-0.25, -0.2) is 0 Å². The molecule has 31 heavy (non-hydrogen) atoms. The van der Waals surface area contributed by atoms with Crippen LogP contribution in [0, 0.1) is 11.8 Å². The van der Waals surface area contributed by atoms with Crippen LogP contribution in [0.4, 0.5) is 0 Å². The number of ketones is 1. The Morgan fingerprint density at radius 3 is 2.42 bits per heavy atom. The lowest BCUT2D eigenvalue weighted by atomic mass is 10.0. The fourth-order valence-electron chi connectivity index (χ4n) is 2.94.